The van der Waals surface area contributed by atoms with E-state index >= 15 is 0 Å². The second-order valence-electron chi connectivity index (χ2n) is 6.08. The van der Waals surface area contributed by atoms with Crippen LogP contribution < -0.4 is 10.1 Å². The van der Waals surface area contributed by atoms with Gasteiger partial charge >= 0.3 is 0 Å². The first-order valence-electron chi connectivity index (χ1n) is 7.04. The van der Waals surface area contributed by atoms with E-state index in [4.69, 9.17) is 4.74 Å². The van der Waals surface area contributed by atoms with E-state index in [0.29, 0.717) is 30.2 Å². The Morgan fingerprint density at radius 1 is 1.35 bits per heavy atom. The SMILES string of the molecule is COc1ccc(C(C)NCC(C)(O)CC(C)C)c(F)c1. The van der Waals surface area contributed by atoms with Crippen molar-refractivity contribution in [3.8, 4) is 5.75 Å². The summed E-state index contributed by atoms with van der Waals surface area (Å²) in [6.45, 7) is 8.26. The van der Waals surface area contributed by atoms with Gasteiger partial charge in [-0.1, -0.05) is 19.9 Å². The molecular weight excluding hydrogens is 257 g/mol. The van der Waals surface area contributed by atoms with E-state index in [-0.39, 0.29) is 11.9 Å². The fourth-order valence-electron chi connectivity index (χ4n) is 2.42. The maximum absolute atomic E-state index is 13.9. The number of hydrogen-bond donors (Lipinski definition) is 2. The molecule has 1 aromatic rings. The van der Waals surface area contributed by atoms with Crippen molar-refractivity contribution >= 4 is 0 Å². The Balaban J connectivity index is 2.65. The lowest BCUT2D eigenvalue weighted by Crippen LogP contribution is -2.40. The van der Waals surface area contributed by atoms with Crippen molar-refractivity contribution in [2.24, 2.45) is 5.92 Å². The number of hydrogen-bond acceptors (Lipinski definition) is 3. The molecule has 4 heteroatoms. The Hall–Kier alpha value is -1.13. The van der Waals surface area contributed by atoms with Crippen molar-refractivity contribution in [2.75, 3.05) is 13.7 Å². The van der Waals surface area contributed by atoms with E-state index in [1.807, 2.05) is 6.92 Å². The van der Waals surface area contributed by atoms with Gasteiger partial charge in [0.25, 0.3) is 0 Å². The summed E-state index contributed by atoms with van der Waals surface area (Å²) in [5, 5.41) is 13.4. The predicted molar refractivity (Wildman–Crippen MR) is 79.4 cm³/mol. The topological polar surface area (TPSA) is 41.5 Å². The molecule has 1 rings (SSSR count). The molecule has 0 spiro atoms. The third-order valence-corrected chi connectivity index (χ3v) is 3.31. The first-order valence-corrected chi connectivity index (χ1v) is 7.04. The van der Waals surface area contributed by atoms with Crippen LogP contribution in [0.2, 0.25) is 0 Å². The van der Waals surface area contributed by atoms with Gasteiger partial charge in [0, 0.05) is 24.2 Å². The quantitative estimate of drug-likeness (QED) is 0.807. The van der Waals surface area contributed by atoms with Gasteiger partial charge in [0.15, 0.2) is 0 Å². The molecule has 0 amide bonds. The first-order chi connectivity index (χ1) is 9.25. The monoisotopic (exact) mass is 283 g/mol. The van der Waals surface area contributed by atoms with Crippen LogP contribution >= 0.6 is 0 Å². The van der Waals surface area contributed by atoms with Crippen LogP contribution in [0.3, 0.4) is 0 Å². The molecule has 2 unspecified atom stereocenters. The third-order valence-electron chi connectivity index (χ3n) is 3.31. The Kier molecular flexibility index (Phi) is 5.96. The van der Waals surface area contributed by atoms with E-state index in [9.17, 15) is 9.50 Å². The minimum Gasteiger partial charge on any atom is -0.497 e. The molecular formula is C16H26FNO2. The fraction of sp³-hybridized carbons (Fsp3) is 0.625. The molecule has 0 aliphatic carbocycles. The fourth-order valence-corrected chi connectivity index (χ4v) is 2.42. The molecule has 2 atom stereocenters. The number of halogens is 1. The van der Waals surface area contributed by atoms with Gasteiger partial charge in [-0.05, 0) is 32.3 Å². The predicted octanol–water partition coefficient (Wildman–Crippen LogP) is 3.28. The van der Waals surface area contributed by atoms with E-state index < -0.39 is 5.60 Å². The van der Waals surface area contributed by atoms with Gasteiger partial charge in [0.2, 0.25) is 0 Å². The molecule has 0 heterocycles. The van der Waals surface area contributed by atoms with Gasteiger partial charge in [0.05, 0.1) is 12.7 Å². The normalized spacial score (nSPS) is 16.0. The molecule has 0 saturated heterocycles. The number of methoxy groups -OCH3 is 1. The summed E-state index contributed by atoms with van der Waals surface area (Å²) in [4.78, 5) is 0. The van der Waals surface area contributed by atoms with Crippen molar-refractivity contribution in [1.82, 2.24) is 5.32 Å². The summed E-state index contributed by atoms with van der Waals surface area (Å²) in [7, 11) is 1.51. The van der Waals surface area contributed by atoms with Crippen LogP contribution in [-0.4, -0.2) is 24.4 Å². The van der Waals surface area contributed by atoms with Crippen molar-refractivity contribution in [3.63, 3.8) is 0 Å². The lowest BCUT2D eigenvalue weighted by Gasteiger charge is -2.28. The van der Waals surface area contributed by atoms with Crippen LogP contribution in [0.1, 0.15) is 45.7 Å². The molecule has 0 aromatic heterocycles. The summed E-state index contributed by atoms with van der Waals surface area (Å²) < 4.78 is 18.9. The van der Waals surface area contributed by atoms with E-state index in [2.05, 4.69) is 19.2 Å². The smallest absolute Gasteiger partial charge is 0.131 e. The lowest BCUT2D eigenvalue weighted by molar-refractivity contribution is 0.0362. The Bertz CT molecular complexity index is 432. The van der Waals surface area contributed by atoms with Gasteiger partial charge < -0.3 is 15.2 Å². The summed E-state index contributed by atoms with van der Waals surface area (Å²) in [5.41, 5.74) is -0.211. The molecule has 0 aliphatic rings. The highest BCUT2D eigenvalue weighted by atomic mass is 19.1. The zero-order valence-corrected chi connectivity index (χ0v) is 13.0. The third kappa shape index (κ3) is 5.10. The molecule has 20 heavy (non-hydrogen) atoms. The highest BCUT2D eigenvalue weighted by Crippen LogP contribution is 2.23. The second kappa shape index (κ2) is 7.04. The standard InChI is InChI=1S/C16H26FNO2/c1-11(2)9-16(4,19)10-18-12(3)14-7-6-13(20-5)8-15(14)17/h6-8,11-12,18-19H,9-10H2,1-5H3. The van der Waals surface area contributed by atoms with E-state index in [0.717, 1.165) is 0 Å². The van der Waals surface area contributed by atoms with Crippen LogP contribution in [0.5, 0.6) is 5.75 Å². The highest BCUT2D eigenvalue weighted by molar-refractivity contribution is 5.30. The first kappa shape index (κ1) is 16.9. The molecule has 2 N–H and O–H groups in total. The highest BCUT2D eigenvalue weighted by Gasteiger charge is 2.23. The van der Waals surface area contributed by atoms with Crippen molar-refractivity contribution in [3.05, 3.63) is 29.6 Å². The van der Waals surface area contributed by atoms with Crippen molar-refractivity contribution in [2.45, 2.75) is 45.8 Å². The Morgan fingerprint density at radius 2 is 2.00 bits per heavy atom. The minimum atomic E-state index is -0.786. The minimum absolute atomic E-state index is 0.167. The molecule has 0 saturated carbocycles. The molecule has 0 aliphatic heterocycles. The zero-order valence-electron chi connectivity index (χ0n) is 13.0. The maximum atomic E-state index is 13.9. The van der Waals surface area contributed by atoms with Gasteiger partial charge in [-0.15, -0.1) is 0 Å². The second-order valence-corrected chi connectivity index (χ2v) is 6.08. The number of rotatable bonds is 7. The van der Waals surface area contributed by atoms with Crippen LogP contribution in [0.25, 0.3) is 0 Å². The summed E-state index contributed by atoms with van der Waals surface area (Å²) in [6.07, 6.45) is 0.706. The molecule has 0 bridgehead atoms. The average molecular weight is 283 g/mol. The Labute approximate surface area is 121 Å². The molecule has 1 aromatic carbocycles. The number of aliphatic hydroxyl groups is 1. The summed E-state index contributed by atoms with van der Waals surface area (Å²) >= 11 is 0. The number of nitrogens with one attached hydrogen (secondary N) is 1. The van der Waals surface area contributed by atoms with Crippen molar-refractivity contribution in [1.29, 1.82) is 0 Å². The van der Waals surface area contributed by atoms with Crippen LogP contribution in [-0.2, 0) is 0 Å². The average Bonchev–Trinajstić information content (AvgIpc) is 2.34. The Morgan fingerprint density at radius 3 is 2.50 bits per heavy atom. The van der Waals surface area contributed by atoms with E-state index in [1.165, 1.54) is 13.2 Å². The van der Waals surface area contributed by atoms with Gasteiger partial charge in [-0.3, -0.25) is 0 Å². The molecule has 0 radical (unpaired) electrons. The van der Waals surface area contributed by atoms with Crippen LogP contribution in [0.15, 0.2) is 18.2 Å². The van der Waals surface area contributed by atoms with Gasteiger partial charge in [0.1, 0.15) is 11.6 Å². The summed E-state index contributed by atoms with van der Waals surface area (Å²) in [5.74, 6) is 0.623. The van der Waals surface area contributed by atoms with Crippen LogP contribution in [0, 0.1) is 11.7 Å². The summed E-state index contributed by atoms with van der Waals surface area (Å²) in [6, 6.07) is 4.66. The van der Waals surface area contributed by atoms with Gasteiger partial charge in [-0.2, -0.15) is 0 Å². The van der Waals surface area contributed by atoms with Crippen LogP contribution in [0.4, 0.5) is 4.39 Å². The largest absolute Gasteiger partial charge is 0.497 e. The van der Waals surface area contributed by atoms with E-state index in [1.54, 1.807) is 19.1 Å². The van der Waals surface area contributed by atoms with Gasteiger partial charge in [-0.25, -0.2) is 4.39 Å². The number of benzene rings is 1. The van der Waals surface area contributed by atoms with Crippen molar-refractivity contribution < 1.29 is 14.2 Å². The molecule has 3 nitrogen and oxygen atoms in total. The zero-order chi connectivity index (χ0) is 15.3. The maximum Gasteiger partial charge on any atom is 0.131 e. The molecule has 0 fully saturated rings. The lowest BCUT2D eigenvalue weighted by atomic mass is 9.94. The molecule has 114 valence electrons. The number of ether oxygens (including phenoxy) is 1.